The number of amides is 1. The Morgan fingerprint density at radius 3 is 2.77 bits per heavy atom. The minimum atomic E-state index is -0.564. The second-order valence-corrected chi connectivity index (χ2v) is 10.8. The van der Waals surface area contributed by atoms with Gasteiger partial charge in [-0.2, -0.15) is 0 Å². The van der Waals surface area contributed by atoms with E-state index in [9.17, 15) is 9.18 Å². The number of halogens is 2. The first-order valence-corrected chi connectivity index (χ1v) is 13.8. The number of thiophene rings is 1. The maximum Gasteiger partial charge on any atom is 0.258 e. The summed E-state index contributed by atoms with van der Waals surface area (Å²) >= 11 is 7.87. The SMILES string of the molecule is Cc1cn(-c2cc(CF)cc(CNc3ccc(Cl)c(NC(=O)c4csc5c(NC6CC6)ncnc45)c3)c2)cn1. The van der Waals surface area contributed by atoms with Crippen LogP contribution in [-0.4, -0.2) is 31.5 Å². The third kappa shape index (κ3) is 5.57. The molecule has 1 amide bonds. The van der Waals surface area contributed by atoms with Crippen molar-refractivity contribution in [2.75, 3.05) is 16.0 Å². The molecule has 3 heterocycles. The number of imidazole rings is 1. The molecule has 39 heavy (non-hydrogen) atoms. The van der Waals surface area contributed by atoms with E-state index in [4.69, 9.17) is 11.6 Å². The van der Waals surface area contributed by atoms with E-state index < -0.39 is 6.67 Å². The van der Waals surface area contributed by atoms with Gasteiger partial charge in [0.1, 0.15) is 18.8 Å². The topological polar surface area (TPSA) is 96.8 Å². The summed E-state index contributed by atoms with van der Waals surface area (Å²) in [4.78, 5) is 26.2. The highest BCUT2D eigenvalue weighted by molar-refractivity contribution is 7.18. The lowest BCUT2D eigenvalue weighted by Gasteiger charge is -2.13. The van der Waals surface area contributed by atoms with Crippen LogP contribution in [0.2, 0.25) is 5.02 Å². The third-order valence-electron chi connectivity index (χ3n) is 6.43. The molecule has 1 fully saturated rings. The Morgan fingerprint density at radius 1 is 1.15 bits per heavy atom. The average molecular weight is 562 g/mol. The number of hydrogen-bond donors (Lipinski definition) is 3. The van der Waals surface area contributed by atoms with Gasteiger partial charge in [0, 0.05) is 35.5 Å². The van der Waals surface area contributed by atoms with Gasteiger partial charge >= 0.3 is 0 Å². The lowest BCUT2D eigenvalue weighted by molar-refractivity contribution is 0.102. The number of hydrogen-bond acceptors (Lipinski definition) is 7. The molecule has 2 aromatic carbocycles. The number of carbonyl (C=O) groups excluding carboxylic acids is 1. The van der Waals surface area contributed by atoms with Gasteiger partial charge in [-0.1, -0.05) is 17.7 Å². The molecule has 5 aromatic rings. The maximum absolute atomic E-state index is 13.6. The molecular formula is C28H25ClFN7OS. The number of aromatic nitrogens is 4. The van der Waals surface area contributed by atoms with E-state index in [0.717, 1.165) is 46.0 Å². The Morgan fingerprint density at radius 2 is 2.00 bits per heavy atom. The van der Waals surface area contributed by atoms with E-state index in [1.165, 1.54) is 17.7 Å². The minimum Gasteiger partial charge on any atom is -0.381 e. The molecule has 0 radical (unpaired) electrons. The molecule has 0 spiro atoms. The van der Waals surface area contributed by atoms with Crippen molar-refractivity contribution >= 4 is 56.3 Å². The van der Waals surface area contributed by atoms with Gasteiger partial charge in [-0.3, -0.25) is 4.79 Å². The largest absolute Gasteiger partial charge is 0.381 e. The van der Waals surface area contributed by atoms with Crippen molar-refractivity contribution in [1.29, 1.82) is 0 Å². The van der Waals surface area contributed by atoms with E-state index in [0.29, 0.717) is 39.9 Å². The van der Waals surface area contributed by atoms with E-state index in [-0.39, 0.29) is 5.91 Å². The van der Waals surface area contributed by atoms with E-state index in [1.807, 2.05) is 42.0 Å². The molecule has 0 atom stereocenters. The number of carbonyl (C=O) groups is 1. The fourth-order valence-corrected chi connectivity index (χ4v) is 5.41. The van der Waals surface area contributed by atoms with Crippen molar-refractivity contribution in [2.24, 2.45) is 0 Å². The van der Waals surface area contributed by atoms with Crippen LogP contribution in [-0.2, 0) is 13.2 Å². The van der Waals surface area contributed by atoms with Crippen LogP contribution in [0.25, 0.3) is 15.9 Å². The zero-order valence-corrected chi connectivity index (χ0v) is 22.6. The number of rotatable bonds is 9. The van der Waals surface area contributed by atoms with Gasteiger partial charge in [0.05, 0.1) is 38.5 Å². The van der Waals surface area contributed by atoms with Gasteiger partial charge in [0.2, 0.25) is 0 Å². The van der Waals surface area contributed by atoms with Crippen LogP contribution >= 0.6 is 22.9 Å². The van der Waals surface area contributed by atoms with Crippen molar-refractivity contribution < 1.29 is 9.18 Å². The fraction of sp³-hybridized carbons (Fsp3) is 0.214. The Balaban J connectivity index is 1.19. The highest BCUT2D eigenvalue weighted by Crippen LogP contribution is 2.34. The van der Waals surface area contributed by atoms with Crippen LogP contribution in [0.4, 0.5) is 21.6 Å². The normalized spacial score (nSPS) is 13.0. The molecule has 0 aliphatic heterocycles. The van der Waals surface area contributed by atoms with Crippen molar-refractivity contribution in [3.05, 3.63) is 88.0 Å². The minimum absolute atomic E-state index is 0.299. The highest BCUT2D eigenvalue weighted by Gasteiger charge is 2.24. The summed E-state index contributed by atoms with van der Waals surface area (Å²) in [5, 5.41) is 11.9. The molecule has 0 bridgehead atoms. The number of anilines is 3. The monoisotopic (exact) mass is 561 g/mol. The second kappa shape index (κ2) is 10.6. The van der Waals surface area contributed by atoms with Crippen LogP contribution in [0.3, 0.4) is 0 Å². The standard InChI is InChI=1S/C28H25ClFN7OS/c1-16-12-37(15-34-16)21-7-17(10-30)6-18(8-21)11-31-20-4-5-23(29)24(9-20)36-28(38)22-13-39-26-25(22)32-14-33-27(26)35-19-2-3-19/h4-9,12-15,19,31H,2-3,10-11H2,1H3,(H,36,38)(H,32,33,35). The molecule has 0 saturated heterocycles. The average Bonchev–Trinajstić information content (AvgIpc) is 3.46. The Bertz CT molecular complexity index is 1680. The van der Waals surface area contributed by atoms with E-state index in [1.54, 1.807) is 23.8 Å². The van der Waals surface area contributed by atoms with Crippen LogP contribution in [0.5, 0.6) is 0 Å². The molecule has 11 heteroatoms. The zero-order valence-electron chi connectivity index (χ0n) is 21.0. The molecule has 6 rings (SSSR count). The van der Waals surface area contributed by atoms with Crippen LogP contribution in [0.15, 0.2) is 60.6 Å². The van der Waals surface area contributed by atoms with Crippen LogP contribution in [0.1, 0.15) is 40.0 Å². The summed E-state index contributed by atoms with van der Waals surface area (Å²) in [6.07, 6.45) is 7.34. The lowest BCUT2D eigenvalue weighted by atomic mass is 10.1. The fourth-order valence-electron chi connectivity index (χ4n) is 4.29. The molecule has 198 valence electrons. The first-order chi connectivity index (χ1) is 19.0. The van der Waals surface area contributed by atoms with Crippen molar-refractivity contribution in [3.63, 3.8) is 0 Å². The summed E-state index contributed by atoms with van der Waals surface area (Å²) in [6.45, 7) is 1.80. The summed E-state index contributed by atoms with van der Waals surface area (Å²) in [5.41, 5.74) is 5.53. The summed E-state index contributed by atoms with van der Waals surface area (Å²) in [5.74, 6) is 0.464. The summed E-state index contributed by atoms with van der Waals surface area (Å²) < 4.78 is 16.3. The molecule has 0 unspecified atom stereocenters. The number of nitrogens with zero attached hydrogens (tertiary/aromatic N) is 4. The maximum atomic E-state index is 13.6. The first kappa shape index (κ1) is 25.3. The molecule has 1 aliphatic carbocycles. The Labute approximate surface area is 233 Å². The second-order valence-electron chi connectivity index (χ2n) is 9.53. The molecule has 8 nitrogen and oxygen atoms in total. The molecule has 3 aromatic heterocycles. The first-order valence-electron chi connectivity index (χ1n) is 12.5. The van der Waals surface area contributed by atoms with Gasteiger partial charge in [-0.25, -0.2) is 19.3 Å². The van der Waals surface area contributed by atoms with Gasteiger partial charge in [-0.15, -0.1) is 11.3 Å². The van der Waals surface area contributed by atoms with Gasteiger partial charge in [0.15, 0.2) is 0 Å². The predicted molar refractivity (Wildman–Crippen MR) is 154 cm³/mol. The number of aryl methyl sites for hydroxylation is 1. The van der Waals surface area contributed by atoms with Gasteiger partial charge < -0.3 is 20.5 Å². The third-order valence-corrected chi connectivity index (χ3v) is 7.73. The van der Waals surface area contributed by atoms with E-state index in [2.05, 4.69) is 30.9 Å². The molecule has 1 saturated carbocycles. The Hall–Kier alpha value is -4.02. The van der Waals surface area contributed by atoms with Crippen molar-refractivity contribution in [3.8, 4) is 5.69 Å². The number of fused-ring (bicyclic) bond motifs is 1. The molecular weight excluding hydrogens is 537 g/mol. The number of benzene rings is 2. The summed E-state index contributed by atoms with van der Waals surface area (Å²) in [6, 6.07) is 11.4. The number of nitrogens with one attached hydrogen (secondary N) is 3. The number of alkyl halides is 1. The smallest absolute Gasteiger partial charge is 0.258 e. The lowest BCUT2D eigenvalue weighted by Crippen LogP contribution is -2.12. The highest BCUT2D eigenvalue weighted by atomic mass is 35.5. The quantitative estimate of drug-likeness (QED) is 0.184. The molecule has 3 N–H and O–H groups in total. The summed E-state index contributed by atoms with van der Waals surface area (Å²) in [7, 11) is 0. The van der Waals surface area contributed by atoms with Crippen LogP contribution < -0.4 is 16.0 Å². The zero-order chi connectivity index (χ0) is 26.9. The predicted octanol–water partition coefficient (Wildman–Crippen LogP) is 6.75. The molecule has 1 aliphatic rings. The Kier molecular flexibility index (Phi) is 6.88. The van der Waals surface area contributed by atoms with Crippen molar-refractivity contribution in [1.82, 2.24) is 19.5 Å². The van der Waals surface area contributed by atoms with E-state index >= 15 is 0 Å². The van der Waals surface area contributed by atoms with Crippen molar-refractivity contribution in [2.45, 2.75) is 39.0 Å². The van der Waals surface area contributed by atoms with Gasteiger partial charge in [-0.05, 0) is 61.2 Å². The van der Waals surface area contributed by atoms with Gasteiger partial charge in [0.25, 0.3) is 5.91 Å². The van der Waals surface area contributed by atoms with Crippen LogP contribution in [0, 0.1) is 6.92 Å².